The van der Waals surface area contributed by atoms with Gasteiger partial charge in [0.25, 0.3) is 0 Å². The highest BCUT2D eigenvalue weighted by Gasteiger charge is 2.31. The predicted molar refractivity (Wildman–Crippen MR) is 70.1 cm³/mol. The van der Waals surface area contributed by atoms with Crippen molar-refractivity contribution in [3.8, 4) is 0 Å². The summed E-state index contributed by atoms with van der Waals surface area (Å²) in [4.78, 5) is 46.6. The third-order valence-electron chi connectivity index (χ3n) is 3.24. The van der Waals surface area contributed by atoms with Gasteiger partial charge in [-0.1, -0.05) is 0 Å². The number of carboxylic acid groups (broad SMARTS) is 1. The maximum Gasteiger partial charge on any atom is 0.326 e. The van der Waals surface area contributed by atoms with Gasteiger partial charge in [-0.25, -0.2) is 9.59 Å². The van der Waals surface area contributed by atoms with Crippen molar-refractivity contribution >= 4 is 23.9 Å². The number of urea groups is 1. The van der Waals surface area contributed by atoms with Crippen molar-refractivity contribution in [3.63, 3.8) is 0 Å². The number of primary amides is 1. The summed E-state index contributed by atoms with van der Waals surface area (Å²) in [5.41, 5.74) is 4.94. The second kappa shape index (κ2) is 7.46. The van der Waals surface area contributed by atoms with E-state index in [-0.39, 0.29) is 6.54 Å². The molecule has 0 spiro atoms. The maximum atomic E-state index is 12.0. The van der Waals surface area contributed by atoms with Crippen LogP contribution in [0.25, 0.3) is 0 Å². The third kappa shape index (κ3) is 4.93. The Labute approximate surface area is 121 Å². The topological polar surface area (TPSA) is 139 Å². The molecule has 9 heteroatoms. The van der Waals surface area contributed by atoms with Crippen molar-refractivity contribution in [2.75, 3.05) is 20.2 Å². The number of rotatable bonds is 5. The molecule has 2 atom stereocenters. The van der Waals surface area contributed by atoms with Crippen molar-refractivity contribution in [1.82, 2.24) is 10.2 Å². The Bertz CT molecular complexity index is 439. The minimum Gasteiger partial charge on any atom is -0.480 e. The molecule has 9 nitrogen and oxygen atoms in total. The fourth-order valence-electron chi connectivity index (χ4n) is 2.16. The van der Waals surface area contributed by atoms with Gasteiger partial charge in [-0.15, -0.1) is 0 Å². The fraction of sp³-hybridized carbons (Fsp3) is 0.667. The van der Waals surface area contributed by atoms with E-state index < -0.39 is 42.3 Å². The van der Waals surface area contributed by atoms with E-state index in [2.05, 4.69) is 10.1 Å². The van der Waals surface area contributed by atoms with Gasteiger partial charge in [-0.3, -0.25) is 9.59 Å². The Balaban J connectivity index is 2.62. The number of methoxy groups -OCH3 is 1. The summed E-state index contributed by atoms with van der Waals surface area (Å²) in [6.45, 7) is 0.559. The fourth-order valence-corrected chi connectivity index (χ4v) is 2.16. The number of aliphatic carboxylic acids is 1. The first-order valence-electron chi connectivity index (χ1n) is 6.49. The van der Waals surface area contributed by atoms with Gasteiger partial charge in [0.1, 0.15) is 6.04 Å². The second-order valence-electron chi connectivity index (χ2n) is 4.82. The highest BCUT2D eigenvalue weighted by atomic mass is 16.5. The number of nitrogens with one attached hydrogen (secondary N) is 1. The first-order chi connectivity index (χ1) is 9.85. The third-order valence-corrected chi connectivity index (χ3v) is 3.24. The molecule has 1 rings (SSSR count). The zero-order valence-electron chi connectivity index (χ0n) is 11.7. The van der Waals surface area contributed by atoms with Gasteiger partial charge in [-0.2, -0.15) is 0 Å². The average Bonchev–Trinajstić information content (AvgIpc) is 2.45. The lowest BCUT2D eigenvalue weighted by molar-refractivity contribution is -0.147. The minimum absolute atomic E-state index is 0.154. The molecule has 0 aromatic carbocycles. The van der Waals surface area contributed by atoms with Crippen LogP contribution in [0, 0.1) is 5.92 Å². The lowest BCUT2D eigenvalue weighted by atomic mass is 9.98. The van der Waals surface area contributed by atoms with Gasteiger partial charge < -0.3 is 25.8 Å². The van der Waals surface area contributed by atoms with Crippen LogP contribution in [0.15, 0.2) is 0 Å². The Morgan fingerprint density at radius 1 is 1.43 bits per heavy atom. The van der Waals surface area contributed by atoms with Crippen LogP contribution in [-0.4, -0.2) is 60.1 Å². The van der Waals surface area contributed by atoms with Crippen molar-refractivity contribution in [3.05, 3.63) is 0 Å². The molecule has 1 aliphatic rings. The van der Waals surface area contributed by atoms with Crippen LogP contribution >= 0.6 is 0 Å². The van der Waals surface area contributed by atoms with Gasteiger partial charge >= 0.3 is 18.0 Å². The smallest absolute Gasteiger partial charge is 0.326 e. The van der Waals surface area contributed by atoms with Crippen LogP contribution < -0.4 is 11.1 Å². The Kier molecular flexibility index (Phi) is 5.94. The first-order valence-corrected chi connectivity index (χ1v) is 6.49. The number of hydrogen-bond acceptors (Lipinski definition) is 5. The largest absolute Gasteiger partial charge is 0.480 e. The number of carboxylic acids is 1. The molecule has 0 radical (unpaired) electrons. The number of carbonyl (C=O) groups is 4. The molecule has 0 aromatic rings. The van der Waals surface area contributed by atoms with E-state index >= 15 is 0 Å². The normalized spacial score (nSPS) is 19.5. The number of ether oxygens (including phenoxy) is 1. The molecule has 1 unspecified atom stereocenters. The van der Waals surface area contributed by atoms with Crippen LogP contribution in [-0.2, 0) is 19.1 Å². The molecule has 118 valence electrons. The number of esters is 1. The van der Waals surface area contributed by atoms with Crippen LogP contribution in [0.3, 0.4) is 0 Å². The van der Waals surface area contributed by atoms with Gasteiger partial charge in [0, 0.05) is 13.1 Å². The van der Waals surface area contributed by atoms with E-state index in [4.69, 9.17) is 10.8 Å². The SMILES string of the molecule is COC(=O)C1CCCN(C(=O)N[C@H](CC(N)=O)C(=O)O)C1. The molecule has 0 aliphatic carbocycles. The summed E-state index contributed by atoms with van der Waals surface area (Å²) in [6.07, 6.45) is 0.732. The molecule has 0 bridgehead atoms. The number of carbonyl (C=O) groups excluding carboxylic acids is 3. The van der Waals surface area contributed by atoms with Gasteiger partial charge in [0.2, 0.25) is 5.91 Å². The molecule has 4 N–H and O–H groups in total. The number of likely N-dealkylation sites (tertiary alicyclic amines) is 1. The van der Waals surface area contributed by atoms with E-state index in [0.717, 1.165) is 0 Å². The Morgan fingerprint density at radius 2 is 2.10 bits per heavy atom. The zero-order valence-corrected chi connectivity index (χ0v) is 11.7. The van der Waals surface area contributed by atoms with Crippen molar-refractivity contribution < 1.29 is 29.0 Å². The quantitative estimate of drug-likeness (QED) is 0.551. The van der Waals surface area contributed by atoms with E-state index in [9.17, 15) is 19.2 Å². The highest BCUT2D eigenvalue weighted by Crippen LogP contribution is 2.17. The number of nitrogens with zero attached hydrogens (tertiary/aromatic N) is 1. The molecular formula is C12H19N3O6. The zero-order chi connectivity index (χ0) is 16.0. The molecule has 21 heavy (non-hydrogen) atoms. The molecule has 0 saturated carbocycles. The van der Waals surface area contributed by atoms with Crippen LogP contribution in [0.1, 0.15) is 19.3 Å². The van der Waals surface area contributed by atoms with Crippen molar-refractivity contribution in [2.45, 2.75) is 25.3 Å². The summed E-state index contributed by atoms with van der Waals surface area (Å²) in [5, 5.41) is 11.2. The predicted octanol–water partition coefficient (Wildman–Crippen LogP) is -1.09. The lowest BCUT2D eigenvalue weighted by Crippen LogP contribution is -2.52. The number of amides is 3. The Morgan fingerprint density at radius 3 is 2.62 bits per heavy atom. The van der Waals surface area contributed by atoms with Gasteiger partial charge in [0.15, 0.2) is 0 Å². The second-order valence-corrected chi connectivity index (χ2v) is 4.82. The highest BCUT2D eigenvalue weighted by molar-refractivity contribution is 5.87. The monoisotopic (exact) mass is 301 g/mol. The van der Waals surface area contributed by atoms with E-state index in [1.807, 2.05) is 0 Å². The van der Waals surface area contributed by atoms with E-state index in [0.29, 0.717) is 19.4 Å². The molecular weight excluding hydrogens is 282 g/mol. The van der Waals surface area contributed by atoms with Crippen LogP contribution in [0.4, 0.5) is 4.79 Å². The summed E-state index contributed by atoms with van der Waals surface area (Å²) in [7, 11) is 1.27. The number of nitrogens with two attached hydrogens (primary N) is 1. The van der Waals surface area contributed by atoms with Gasteiger partial charge in [0.05, 0.1) is 19.4 Å². The number of hydrogen-bond donors (Lipinski definition) is 3. The van der Waals surface area contributed by atoms with Crippen LogP contribution in [0.5, 0.6) is 0 Å². The number of piperidine rings is 1. The lowest BCUT2D eigenvalue weighted by Gasteiger charge is -2.32. The Hall–Kier alpha value is -2.32. The molecule has 1 saturated heterocycles. The van der Waals surface area contributed by atoms with E-state index in [1.165, 1.54) is 12.0 Å². The summed E-state index contributed by atoms with van der Waals surface area (Å²) in [5.74, 6) is -2.99. The molecule has 1 heterocycles. The van der Waals surface area contributed by atoms with Crippen molar-refractivity contribution in [2.24, 2.45) is 11.7 Å². The average molecular weight is 301 g/mol. The molecule has 3 amide bonds. The van der Waals surface area contributed by atoms with Gasteiger partial charge in [-0.05, 0) is 12.8 Å². The minimum atomic E-state index is -1.38. The van der Waals surface area contributed by atoms with E-state index in [1.54, 1.807) is 0 Å². The summed E-state index contributed by atoms with van der Waals surface area (Å²) in [6, 6.07) is -2.02. The van der Waals surface area contributed by atoms with Crippen LogP contribution in [0.2, 0.25) is 0 Å². The summed E-state index contributed by atoms with van der Waals surface area (Å²) < 4.78 is 4.64. The standard InChI is InChI=1S/C12H19N3O6/c1-21-11(19)7-3-2-4-15(6-7)12(20)14-8(10(17)18)5-9(13)16/h7-8H,2-6H2,1H3,(H2,13,16)(H,14,20)(H,17,18)/t7?,8-/m1/s1. The molecule has 1 aliphatic heterocycles. The maximum absolute atomic E-state index is 12.0. The van der Waals surface area contributed by atoms with Crippen molar-refractivity contribution in [1.29, 1.82) is 0 Å². The summed E-state index contributed by atoms with van der Waals surface area (Å²) >= 11 is 0. The molecule has 0 aromatic heterocycles. The molecule has 1 fully saturated rings. The first kappa shape index (κ1) is 16.7.